The largest absolute Gasteiger partial charge is 0.496 e. The van der Waals surface area contributed by atoms with Gasteiger partial charge in [-0.15, -0.1) is 0 Å². The lowest BCUT2D eigenvalue weighted by Gasteiger charge is -2.09. The van der Waals surface area contributed by atoms with Crippen molar-refractivity contribution in [3.63, 3.8) is 0 Å². The van der Waals surface area contributed by atoms with Gasteiger partial charge in [0.25, 0.3) is 0 Å². The van der Waals surface area contributed by atoms with Crippen molar-refractivity contribution in [3.05, 3.63) is 35.4 Å². The van der Waals surface area contributed by atoms with Crippen molar-refractivity contribution in [3.8, 4) is 5.75 Å². The minimum Gasteiger partial charge on any atom is -0.496 e. The Morgan fingerprint density at radius 1 is 1.39 bits per heavy atom. The quantitative estimate of drug-likeness (QED) is 0.906. The van der Waals surface area contributed by atoms with E-state index in [4.69, 9.17) is 9.84 Å². The van der Waals surface area contributed by atoms with Crippen LogP contribution in [0.4, 0.5) is 13.2 Å². The Morgan fingerprint density at radius 3 is 2.44 bits per heavy atom. The molecule has 1 rings (SSSR count). The molecular formula is C12H11F3O3. The molecule has 0 radical (unpaired) electrons. The molecule has 18 heavy (non-hydrogen) atoms. The highest BCUT2D eigenvalue weighted by molar-refractivity contribution is 5.91. The lowest BCUT2D eigenvalue weighted by molar-refractivity contribution is -0.0793. The van der Waals surface area contributed by atoms with Crippen molar-refractivity contribution in [2.75, 3.05) is 7.11 Å². The minimum absolute atomic E-state index is 0.0160. The van der Waals surface area contributed by atoms with Crippen LogP contribution in [0.5, 0.6) is 5.75 Å². The third kappa shape index (κ3) is 3.51. The third-order valence-corrected chi connectivity index (χ3v) is 2.27. The van der Waals surface area contributed by atoms with E-state index in [2.05, 4.69) is 0 Å². The van der Waals surface area contributed by atoms with E-state index < -0.39 is 12.1 Å². The Morgan fingerprint density at radius 2 is 2.00 bits per heavy atom. The number of hydrogen-bond donors (Lipinski definition) is 1. The summed E-state index contributed by atoms with van der Waals surface area (Å²) in [5, 5.41) is 8.84. The number of hydrogen-bond acceptors (Lipinski definition) is 2. The molecule has 0 saturated heterocycles. The van der Waals surface area contributed by atoms with Crippen LogP contribution in [-0.4, -0.2) is 24.4 Å². The number of rotatable bonds is 3. The van der Waals surface area contributed by atoms with Crippen molar-refractivity contribution in [2.24, 2.45) is 0 Å². The van der Waals surface area contributed by atoms with Crippen LogP contribution < -0.4 is 4.74 Å². The maximum Gasteiger partial charge on any atom is 0.410 e. The van der Waals surface area contributed by atoms with E-state index in [1.54, 1.807) is 0 Å². The second kappa shape index (κ2) is 5.12. The third-order valence-electron chi connectivity index (χ3n) is 2.27. The van der Waals surface area contributed by atoms with Gasteiger partial charge in [0.2, 0.25) is 0 Å². The second-order valence-corrected chi connectivity index (χ2v) is 3.59. The molecule has 0 amide bonds. The SMILES string of the molecule is COc1cc(/C(C)=C/C(F)(F)F)ccc1C(=O)O. The zero-order valence-electron chi connectivity index (χ0n) is 9.71. The minimum atomic E-state index is -4.41. The number of carbonyl (C=O) groups is 1. The number of methoxy groups -OCH3 is 1. The molecule has 0 spiro atoms. The van der Waals surface area contributed by atoms with Crippen LogP contribution in [0.15, 0.2) is 24.3 Å². The Balaban J connectivity index is 3.21. The van der Waals surface area contributed by atoms with Crippen LogP contribution in [0, 0.1) is 0 Å². The Bertz CT molecular complexity index is 490. The van der Waals surface area contributed by atoms with E-state index in [0.29, 0.717) is 0 Å². The predicted molar refractivity (Wildman–Crippen MR) is 59.7 cm³/mol. The molecule has 1 aromatic carbocycles. The molecule has 98 valence electrons. The van der Waals surface area contributed by atoms with Crippen molar-refractivity contribution in [2.45, 2.75) is 13.1 Å². The van der Waals surface area contributed by atoms with Gasteiger partial charge < -0.3 is 9.84 Å². The average molecular weight is 260 g/mol. The molecule has 0 aromatic heterocycles. The lowest BCUT2D eigenvalue weighted by atomic mass is 10.0. The van der Waals surface area contributed by atoms with Gasteiger partial charge in [0.05, 0.1) is 7.11 Å². The van der Waals surface area contributed by atoms with Crippen LogP contribution in [0.2, 0.25) is 0 Å². The Hall–Kier alpha value is -1.98. The summed E-state index contributed by atoms with van der Waals surface area (Å²) in [7, 11) is 1.26. The second-order valence-electron chi connectivity index (χ2n) is 3.59. The molecule has 0 fully saturated rings. The summed E-state index contributed by atoms with van der Waals surface area (Å²) in [4.78, 5) is 10.8. The lowest BCUT2D eigenvalue weighted by Crippen LogP contribution is -2.03. The zero-order valence-corrected chi connectivity index (χ0v) is 9.71. The van der Waals surface area contributed by atoms with E-state index in [-0.39, 0.29) is 28.5 Å². The summed E-state index contributed by atoms with van der Waals surface area (Å²) in [6.07, 6.45) is -4.26. The maximum atomic E-state index is 12.2. The molecule has 1 aromatic rings. The van der Waals surface area contributed by atoms with E-state index in [1.807, 2.05) is 0 Å². The standard InChI is InChI=1S/C12H11F3O3/c1-7(6-12(13,14)15)8-3-4-9(11(16)17)10(5-8)18-2/h3-6H,1-2H3,(H,16,17)/b7-6+. The van der Waals surface area contributed by atoms with Gasteiger partial charge >= 0.3 is 12.1 Å². The van der Waals surface area contributed by atoms with Crippen LogP contribution in [0.1, 0.15) is 22.8 Å². The molecule has 0 aliphatic rings. The fourth-order valence-electron chi connectivity index (χ4n) is 1.44. The maximum absolute atomic E-state index is 12.2. The smallest absolute Gasteiger partial charge is 0.410 e. The Labute approximate surface area is 101 Å². The van der Waals surface area contributed by atoms with E-state index in [1.165, 1.54) is 32.2 Å². The van der Waals surface area contributed by atoms with E-state index in [9.17, 15) is 18.0 Å². The number of carboxylic acids is 1. The topological polar surface area (TPSA) is 46.5 Å². The number of carboxylic acid groups (broad SMARTS) is 1. The van der Waals surface area contributed by atoms with Gasteiger partial charge in [-0.25, -0.2) is 4.79 Å². The number of alkyl halides is 3. The molecule has 0 aliphatic heterocycles. The summed E-state index contributed by atoms with van der Waals surface area (Å²) in [6, 6.07) is 3.79. The Kier molecular flexibility index (Phi) is 4.00. The highest BCUT2D eigenvalue weighted by Gasteiger charge is 2.24. The molecule has 0 unspecified atom stereocenters. The van der Waals surface area contributed by atoms with E-state index >= 15 is 0 Å². The number of halogens is 3. The predicted octanol–water partition coefficient (Wildman–Crippen LogP) is 3.36. The highest BCUT2D eigenvalue weighted by Crippen LogP contribution is 2.27. The molecule has 1 N–H and O–H groups in total. The first kappa shape index (κ1) is 14.1. The molecule has 6 heteroatoms. The highest BCUT2D eigenvalue weighted by atomic mass is 19.4. The van der Waals surface area contributed by atoms with Gasteiger partial charge in [0.1, 0.15) is 11.3 Å². The average Bonchev–Trinajstić information content (AvgIpc) is 2.25. The van der Waals surface area contributed by atoms with Crippen LogP contribution in [0.25, 0.3) is 5.57 Å². The summed E-state index contributed by atoms with van der Waals surface area (Å²) in [5.41, 5.74) is 0.146. The van der Waals surface area contributed by atoms with Crippen molar-refractivity contribution < 1.29 is 27.8 Å². The monoisotopic (exact) mass is 260 g/mol. The summed E-state index contributed by atoms with van der Waals surface area (Å²) in [5.74, 6) is -1.18. The van der Waals surface area contributed by atoms with Crippen molar-refractivity contribution >= 4 is 11.5 Å². The number of ether oxygens (including phenoxy) is 1. The molecular weight excluding hydrogens is 249 g/mol. The normalized spacial score (nSPS) is 12.4. The molecule has 0 atom stereocenters. The molecule has 0 heterocycles. The van der Waals surface area contributed by atoms with Gasteiger partial charge in [-0.3, -0.25) is 0 Å². The van der Waals surface area contributed by atoms with Crippen molar-refractivity contribution in [1.29, 1.82) is 0 Å². The first-order valence-corrected chi connectivity index (χ1v) is 4.92. The molecule has 0 saturated carbocycles. The van der Waals surface area contributed by atoms with Gasteiger partial charge in [0.15, 0.2) is 0 Å². The fraction of sp³-hybridized carbons (Fsp3) is 0.250. The fourth-order valence-corrected chi connectivity index (χ4v) is 1.44. The number of allylic oxidation sites excluding steroid dienone is 2. The van der Waals surface area contributed by atoms with Gasteiger partial charge in [-0.05, 0) is 30.2 Å². The van der Waals surface area contributed by atoms with Crippen LogP contribution in [0.3, 0.4) is 0 Å². The van der Waals surface area contributed by atoms with Gasteiger partial charge in [0, 0.05) is 6.08 Å². The molecule has 3 nitrogen and oxygen atoms in total. The number of aromatic carboxylic acids is 1. The van der Waals surface area contributed by atoms with Gasteiger partial charge in [-0.1, -0.05) is 6.07 Å². The van der Waals surface area contributed by atoms with E-state index in [0.717, 1.165) is 0 Å². The number of benzene rings is 1. The van der Waals surface area contributed by atoms with Crippen molar-refractivity contribution in [1.82, 2.24) is 0 Å². The molecule has 0 bridgehead atoms. The first-order valence-electron chi connectivity index (χ1n) is 4.92. The van der Waals surface area contributed by atoms with Crippen LogP contribution in [-0.2, 0) is 0 Å². The first-order chi connectivity index (χ1) is 8.24. The summed E-state index contributed by atoms with van der Waals surface area (Å²) in [6.45, 7) is 1.29. The van der Waals surface area contributed by atoms with Crippen LogP contribution >= 0.6 is 0 Å². The van der Waals surface area contributed by atoms with Gasteiger partial charge in [-0.2, -0.15) is 13.2 Å². The summed E-state index contributed by atoms with van der Waals surface area (Å²) >= 11 is 0. The zero-order chi connectivity index (χ0) is 13.9. The molecule has 0 aliphatic carbocycles. The summed E-state index contributed by atoms with van der Waals surface area (Å²) < 4.78 is 41.4.